The number of carbonyl (C=O) groups is 1. The first-order valence-corrected chi connectivity index (χ1v) is 6.54. The quantitative estimate of drug-likeness (QED) is 0.795. The normalized spacial score (nSPS) is 15.9. The van der Waals surface area contributed by atoms with Gasteiger partial charge in [0.1, 0.15) is 5.82 Å². The van der Waals surface area contributed by atoms with Crippen LogP contribution in [0.15, 0.2) is 18.2 Å². The van der Waals surface area contributed by atoms with Crippen LogP contribution in [0.2, 0.25) is 0 Å². The lowest BCUT2D eigenvalue weighted by atomic mass is 10.1. The highest BCUT2D eigenvalue weighted by Gasteiger charge is 2.20. The number of nitrogens with zero attached hydrogens (tertiary/aromatic N) is 2. The summed E-state index contributed by atoms with van der Waals surface area (Å²) in [7, 11) is 1.80. The van der Waals surface area contributed by atoms with Crippen LogP contribution in [0.25, 0.3) is 0 Å². The first kappa shape index (κ1) is 14.5. The van der Waals surface area contributed by atoms with E-state index in [1.165, 1.54) is 6.07 Å². The van der Waals surface area contributed by atoms with Crippen molar-refractivity contribution in [1.82, 2.24) is 9.80 Å². The molecule has 1 fully saturated rings. The molecule has 4 nitrogen and oxygen atoms in total. The van der Waals surface area contributed by atoms with Crippen LogP contribution in [0.3, 0.4) is 0 Å². The second kappa shape index (κ2) is 6.51. The summed E-state index contributed by atoms with van der Waals surface area (Å²) >= 11 is 0. The van der Waals surface area contributed by atoms with Crippen molar-refractivity contribution in [1.29, 1.82) is 0 Å². The fourth-order valence-electron chi connectivity index (χ4n) is 2.11. The fraction of sp³-hybridized carbons (Fsp3) is 0.400. The van der Waals surface area contributed by atoms with Gasteiger partial charge in [0, 0.05) is 26.7 Å². The van der Waals surface area contributed by atoms with E-state index < -0.39 is 0 Å². The molecule has 106 valence electrons. The predicted molar refractivity (Wildman–Crippen MR) is 75.2 cm³/mol. The van der Waals surface area contributed by atoms with Crippen molar-refractivity contribution in [2.24, 2.45) is 5.73 Å². The van der Waals surface area contributed by atoms with Crippen LogP contribution in [0.1, 0.15) is 11.1 Å². The molecule has 1 aromatic rings. The summed E-state index contributed by atoms with van der Waals surface area (Å²) < 4.78 is 13.6. The molecule has 0 unspecified atom stereocenters. The van der Waals surface area contributed by atoms with Crippen molar-refractivity contribution in [3.8, 4) is 11.8 Å². The molecule has 0 spiro atoms. The fourth-order valence-corrected chi connectivity index (χ4v) is 2.11. The van der Waals surface area contributed by atoms with E-state index in [1.54, 1.807) is 24.1 Å². The van der Waals surface area contributed by atoms with Crippen LogP contribution in [0.4, 0.5) is 4.39 Å². The molecule has 1 heterocycles. The van der Waals surface area contributed by atoms with Gasteiger partial charge in [-0.25, -0.2) is 4.39 Å². The summed E-state index contributed by atoms with van der Waals surface area (Å²) in [4.78, 5) is 15.4. The Bertz CT molecular complexity index is 562. The molecule has 0 bridgehead atoms. The van der Waals surface area contributed by atoms with E-state index >= 15 is 0 Å². The Morgan fingerprint density at radius 1 is 1.40 bits per heavy atom. The molecule has 1 aliphatic heterocycles. The van der Waals surface area contributed by atoms with E-state index in [9.17, 15) is 9.18 Å². The Balaban J connectivity index is 2.08. The van der Waals surface area contributed by atoms with Gasteiger partial charge in [0.2, 0.25) is 5.91 Å². The molecular formula is C15H18FN3O. The van der Waals surface area contributed by atoms with Crippen LogP contribution < -0.4 is 5.73 Å². The SMILES string of the molecule is CN1CCN(Cc2ccc(F)c(C#CCN)c2)CC1=O. The summed E-state index contributed by atoms with van der Waals surface area (Å²) in [6.45, 7) is 2.77. The van der Waals surface area contributed by atoms with Crippen LogP contribution >= 0.6 is 0 Å². The van der Waals surface area contributed by atoms with Gasteiger partial charge in [-0.3, -0.25) is 9.69 Å². The predicted octanol–water partition coefficient (Wildman–Crippen LogP) is 0.410. The van der Waals surface area contributed by atoms with Crippen LogP contribution in [-0.2, 0) is 11.3 Å². The van der Waals surface area contributed by atoms with Gasteiger partial charge < -0.3 is 10.6 Å². The molecule has 20 heavy (non-hydrogen) atoms. The minimum Gasteiger partial charge on any atom is -0.343 e. The Hall–Kier alpha value is -1.90. The zero-order valence-electron chi connectivity index (χ0n) is 11.5. The molecule has 2 N–H and O–H groups in total. The second-order valence-electron chi connectivity index (χ2n) is 4.85. The van der Waals surface area contributed by atoms with Gasteiger partial charge in [0.05, 0.1) is 18.7 Å². The minimum atomic E-state index is -0.343. The largest absolute Gasteiger partial charge is 0.343 e. The third-order valence-electron chi connectivity index (χ3n) is 3.30. The summed E-state index contributed by atoms with van der Waals surface area (Å²) in [6.07, 6.45) is 0. The molecule has 1 saturated heterocycles. The average molecular weight is 275 g/mol. The Morgan fingerprint density at radius 2 is 2.20 bits per heavy atom. The van der Waals surface area contributed by atoms with E-state index in [2.05, 4.69) is 16.7 Å². The number of benzene rings is 1. The second-order valence-corrected chi connectivity index (χ2v) is 4.85. The maximum atomic E-state index is 13.6. The maximum Gasteiger partial charge on any atom is 0.236 e. The van der Waals surface area contributed by atoms with Crippen molar-refractivity contribution >= 4 is 5.91 Å². The van der Waals surface area contributed by atoms with Gasteiger partial charge in [0.25, 0.3) is 0 Å². The van der Waals surface area contributed by atoms with Crippen LogP contribution in [0.5, 0.6) is 0 Å². The van der Waals surface area contributed by atoms with Gasteiger partial charge in [-0.2, -0.15) is 0 Å². The molecule has 1 aromatic carbocycles. The number of hydrogen-bond donors (Lipinski definition) is 1. The van der Waals surface area contributed by atoms with Crippen molar-refractivity contribution in [3.05, 3.63) is 35.1 Å². The molecule has 0 saturated carbocycles. The highest BCUT2D eigenvalue weighted by atomic mass is 19.1. The van der Waals surface area contributed by atoms with Crippen LogP contribution in [0, 0.1) is 17.7 Å². The zero-order valence-corrected chi connectivity index (χ0v) is 11.5. The summed E-state index contributed by atoms with van der Waals surface area (Å²) in [5.41, 5.74) is 6.60. The molecule has 0 atom stereocenters. The molecule has 1 amide bonds. The standard InChI is InChI=1S/C15H18FN3O/c1-18-7-8-19(11-15(18)20)10-12-4-5-14(16)13(9-12)3-2-6-17/h4-5,9H,6-8,10-11,17H2,1H3. The van der Waals surface area contributed by atoms with E-state index in [0.717, 1.165) is 18.7 Å². The van der Waals surface area contributed by atoms with E-state index in [4.69, 9.17) is 5.73 Å². The monoisotopic (exact) mass is 275 g/mol. The van der Waals surface area contributed by atoms with Gasteiger partial charge in [-0.15, -0.1) is 0 Å². The third-order valence-corrected chi connectivity index (χ3v) is 3.30. The van der Waals surface area contributed by atoms with Crippen molar-refractivity contribution in [3.63, 3.8) is 0 Å². The molecule has 0 radical (unpaired) electrons. The number of halogens is 1. The molecule has 5 heteroatoms. The van der Waals surface area contributed by atoms with E-state index in [0.29, 0.717) is 18.7 Å². The molecule has 1 aliphatic rings. The minimum absolute atomic E-state index is 0.113. The molecule has 0 aliphatic carbocycles. The van der Waals surface area contributed by atoms with E-state index in [-0.39, 0.29) is 18.3 Å². The number of likely N-dealkylation sites (N-methyl/N-ethyl adjacent to an activating group) is 1. The number of amides is 1. The van der Waals surface area contributed by atoms with Crippen molar-refractivity contribution in [2.75, 3.05) is 33.2 Å². The lowest BCUT2D eigenvalue weighted by Crippen LogP contribution is -2.47. The maximum absolute atomic E-state index is 13.6. The Kier molecular flexibility index (Phi) is 4.72. The lowest BCUT2D eigenvalue weighted by molar-refractivity contribution is -0.134. The van der Waals surface area contributed by atoms with Gasteiger partial charge in [-0.1, -0.05) is 17.9 Å². The number of rotatable bonds is 2. The lowest BCUT2D eigenvalue weighted by Gasteiger charge is -2.31. The first-order valence-electron chi connectivity index (χ1n) is 6.54. The smallest absolute Gasteiger partial charge is 0.236 e. The number of carbonyl (C=O) groups excluding carboxylic acids is 1. The topological polar surface area (TPSA) is 49.6 Å². The van der Waals surface area contributed by atoms with E-state index in [1.807, 2.05) is 0 Å². The van der Waals surface area contributed by atoms with Gasteiger partial charge in [-0.05, 0) is 17.7 Å². The van der Waals surface area contributed by atoms with Gasteiger partial charge >= 0.3 is 0 Å². The molecular weight excluding hydrogens is 257 g/mol. The van der Waals surface area contributed by atoms with Crippen molar-refractivity contribution in [2.45, 2.75) is 6.54 Å². The number of hydrogen-bond acceptors (Lipinski definition) is 3. The zero-order chi connectivity index (χ0) is 14.5. The number of nitrogens with two attached hydrogens (primary N) is 1. The Morgan fingerprint density at radius 3 is 2.90 bits per heavy atom. The molecule has 2 rings (SSSR count). The highest BCUT2D eigenvalue weighted by Crippen LogP contribution is 2.13. The van der Waals surface area contributed by atoms with Gasteiger partial charge in [0.15, 0.2) is 0 Å². The summed E-state index contributed by atoms with van der Waals surface area (Å²) in [6, 6.07) is 4.86. The highest BCUT2D eigenvalue weighted by molar-refractivity contribution is 5.78. The summed E-state index contributed by atoms with van der Waals surface area (Å²) in [5.74, 6) is 5.14. The third kappa shape index (κ3) is 3.56. The first-order chi connectivity index (χ1) is 9.60. The average Bonchev–Trinajstić information content (AvgIpc) is 2.43. The van der Waals surface area contributed by atoms with Crippen LogP contribution in [-0.4, -0.2) is 48.9 Å². The molecule has 0 aromatic heterocycles. The number of piperazine rings is 1. The Labute approximate surface area is 118 Å². The van der Waals surface area contributed by atoms with Crippen molar-refractivity contribution < 1.29 is 9.18 Å². The summed E-state index contributed by atoms with van der Waals surface area (Å²) in [5, 5.41) is 0.